The molecule has 0 aromatic heterocycles. The summed E-state index contributed by atoms with van der Waals surface area (Å²) >= 11 is 5.66. The Bertz CT molecular complexity index is 328. The van der Waals surface area contributed by atoms with Crippen LogP contribution in [0.3, 0.4) is 0 Å². The van der Waals surface area contributed by atoms with Gasteiger partial charge in [-0.2, -0.15) is 0 Å². The van der Waals surface area contributed by atoms with Gasteiger partial charge >= 0.3 is 0 Å². The van der Waals surface area contributed by atoms with Crippen LogP contribution in [0, 0.1) is 18.7 Å². The summed E-state index contributed by atoms with van der Waals surface area (Å²) in [6, 6.07) is 4.90. The molecule has 1 aromatic rings. The summed E-state index contributed by atoms with van der Waals surface area (Å²) in [6.45, 7) is 5.80. The summed E-state index contributed by atoms with van der Waals surface area (Å²) in [5, 5.41) is 3.33. The van der Waals surface area contributed by atoms with Crippen LogP contribution in [-0.4, -0.2) is 12.4 Å². The molecule has 3 heteroatoms. The summed E-state index contributed by atoms with van der Waals surface area (Å²) in [6.07, 6.45) is 1.01. The molecule has 1 atom stereocenters. The van der Waals surface area contributed by atoms with Gasteiger partial charge in [-0.15, -0.1) is 11.6 Å². The highest BCUT2D eigenvalue weighted by atomic mass is 35.5. The van der Waals surface area contributed by atoms with E-state index in [0.717, 1.165) is 30.6 Å². The number of halogens is 2. The number of aryl methyl sites for hydroxylation is 1. The molecule has 0 heterocycles. The standard InChI is InChI=1S/C13H19ClFN/c1-10(5-6-14)8-16-9-12-7-13(15)4-3-11(12)2/h3-4,7,10,16H,5-6,8-9H2,1-2H3. The lowest BCUT2D eigenvalue weighted by Gasteiger charge is -2.12. The number of rotatable bonds is 6. The number of nitrogens with one attached hydrogen (secondary N) is 1. The van der Waals surface area contributed by atoms with E-state index >= 15 is 0 Å². The first-order chi connectivity index (χ1) is 7.63. The predicted molar refractivity (Wildman–Crippen MR) is 67.3 cm³/mol. The average Bonchev–Trinajstić information content (AvgIpc) is 2.23. The second-order valence-corrected chi connectivity index (χ2v) is 4.66. The fourth-order valence-electron chi connectivity index (χ4n) is 1.57. The van der Waals surface area contributed by atoms with Crippen LogP contribution in [0.25, 0.3) is 0 Å². The molecule has 0 aliphatic carbocycles. The Morgan fingerprint density at radius 3 is 2.88 bits per heavy atom. The average molecular weight is 244 g/mol. The van der Waals surface area contributed by atoms with E-state index < -0.39 is 0 Å². The Balaban J connectivity index is 2.39. The molecule has 0 aliphatic heterocycles. The number of alkyl halides is 1. The normalized spacial score (nSPS) is 12.8. The predicted octanol–water partition coefficient (Wildman–Crippen LogP) is 3.49. The minimum atomic E-state index is -0.170. The van der Waals surface area contributed by atoms with Gasteiger partial charge in [0.15, 0.2) is 0 Å². The zero-order chi connectivity index (χ0) is 12.0. The zero-order valence-corrected chi connectivity index (χ0v) is 10.6. The minimum absolute atomic E-state index is 0.170. The molecule has 90 valence electrons. The van der Waals surface area contributed by atoms with E-state index in [1.807, 2.05) is 13.0 Å². The molecule has 0 saturated carbocycles. The van der Waals surface area contributed by atoms with E-state index in [4.69, 9.17) is 11.6 Å². The highest BCUT2D eigenvalue weighted by Gasteiger charge is 2.03. The van der Waals surface area contributed by atoms with Crippen molar-refractivity contribution in [2.24, 2.45) is 5.92 Å². The Morgan fingerprint density at radius 2 is 2.19 bits per heavy atom. The third kappa shape index (κ3) is 4.50. The maximum atomic E-state index is 13.0. The second kappa shape index (κ2) is 6.87. The van der Waals surface area contributed by atoms with Crippen LogP contribution >= 0.6 is 11.6 Å². The van der Waals surface area contributed by atoms with Gasteiger partial charge in [0.2, 0.25) is 0 Å². The van der Waals surface area contributed by atoms with E-state index in [1.54, 1.807) is 6.07 Å². The summed E-state index contributed by atoms with van der Waals surface area (Å²) in [7, 11) is 0. The topological polar surface area (TPSA) is 12.0 Å². The third-order valence-electron chi connectivity index (χ3n) is 2.72. The van der Waals surface area contributed by atoms with Crippen molar-refractivity contribution in [1.29, 1.82) is 0 Å². The summed E-state index contributed by atoms with van der Waals surface area (Å²) < 4.78 is 13.0. The van der Waals surface area contributed by atoms with Crippen molar-refractivity contribution in [2.45, 2.75) is 26.8 Å². The van der Waals surface area contributed by atoms with Crippen molar-refractivity contribution >= 4 is 11.6 Å². The van der Waals surface area contributed by atoms with Crippen molar-refractivity contribution in [3.63, 3.8) is 0 Å². The van der Waals surface area contributed by atoms with E-state index in [2.05, 4.69) is 12.2 Å². The third-order valence-corrected chi connectivity index (χ3v) is 2.94. The van der Waals surface area contributed by atoms with Gasteiger partial charge in [-0.25, -0.2) is 4.39 Å². The van der Waals surface area contributed by atoms with Crippen LogP contribution in [0.5, 0.6) is 0 Å². The summed E-state index contributed by atoms with van der Waals surface area (Å²) in [4.78, 5) is 0. The molecule has 16 heavy (non-hydrogen) atoms. The largest absolute Gasteiger partial charge is 0.312 e. The summed E-state index contributed by atoms with van der Waals surface area (Å²) in [5.41, 5.74) is 2.15. The van der Waals surface area contributed by atoms with Gasteiger partial charge in [0.1, 0.15) is 5.82 Å². The Morgan fingerprint density at radius 1 is 1.44 bits per heavy atom. The first kappa shape index (κ1) is 13.5. The fraction of sp³-hybridized carbons (Fsp3) is 0.538. The van der Waals surface area contributed by atoms with E-state index in [-0.39, 0.29) is 5.82 Å². The minimum Gasteiger partial charge on any atom is -0.312 e. The second-order valence-electron chi connectivity index (χ2n) is 4.28. The van der Waals surface area contributed by atoms with Gasteiger partial charge in [-0.05, 0) is 49.1 Å². The molecule has 1 unspecified atom stereocenters. The van der Waals surface area contributed by atoms with Crippen LogP contribution in [0.15, 0.2) is 18.2 Å². The van der Waals surface area contributed by atoms with Gasteiger partial charge in [0.25, 0.3) is 0 Å². The lowest BCUT2D eigenvalue weighted by atomic mass is 10.1. The molecular formula is C13H19ClFN. The van der Waals surface area contributed by atoms with Crippen molar-refractivity contribution in [2.75, 3.05) is 12.4 Å². The molecule has 1 aromatic carbocycles. The molecule has 0 amide bonds. The molecular weight excluding hydrogens is 225 g/mol. The van der Waals surface area contributed by atoms with Crippen molar-refractivity contribution < 1.29 is 4.39 Å². The maximum Gasteiger partial charge on any atom is 0.123 e. The van der Waals surface area contributed by atoms with Gasteiger partial charge in [-0.1, -0.05) is 13.0 Å². The van der Waals surface area contributed by atoms with Crippen molar-refractivity contribution in [3.05, 3.63) is 35.1 Å². The van der Waals surface area contributed by atoms with Crippen molar-refractivity contribution in [3.8, 4) is 0 Å². The van der Waals surface area contributed by atoms with Crippen LogP contribution in [0.2, 0.25) is 0 Å². The zero-order valence-electron chi connectivity index (χ0n) is 9.89. The Labute approximate surface area is 102 Å². The van der Waals surface area contributed by atoms with Crippen LogP contribution in [0.1, 0.15) is 24.5 Å². The SMILES string of the molecule is Cc1ccc(F)cc1CNCC(C)CCCl. The highest BCUT2D eigenvalue weighted by molar-refractivity contribution is 6.17. The van der Waals surface area contributed by atoms with Crippen molar-refractivity contribution in [1.82, 2.24) is 5.32 Å². The van der Waals surface area contributed by atoms with Crippen LogP contribution in [-0.2, 0) is 6.54 Å². The molecule has 1 rings (SSSR count). The first-order valence-corrected chi connectivity index (χ1v) is 6.18. The lowest BCUT2D eigenvalue weighted by molar-refractivity contribution is 0.500. The van der Waals surface area contributed by atoms with Gasteiger partial charge in [0, 0.05) is 12.4 Å². The molecule has 0 saturated heterocycles. The molecule has 0 aliphatic rings. The summed E-state index contributed by atoms with van der Waals surface area (Å²) in [5.74, 6) is 1.09. The van der Waals surface area contributed by atoms with Gasteiger partial charge < -0.3 is 5.32 Å². The molecule has 0 bridgehead atoms. The molecule has 0 radical (unpaired) electrons. The van der Waals surface area contributed by atoms with Crippen LogP contribution in [0.4, 0.5) is 4.39 Å². The quantitative estimate of drug-likeness (QED) is 0.755. The van der Waals surface area contributed by atoms with E-state index in [9.17, 15) is 4.39 Å². The number of hydrogen-bond donors (Lipinski definition) is 1. The Kier molecular flexibility index (Phi) is 5.78. The highest BCUT2D eigenvalue weighted by Crippen LogP contribution is 2.10. The van der Waals surface area contributed by atoms with Crippen LogP contribution < -0.4 is 5.32 Å². The Hall–Kier alpha value is -0.600. The fourth-order valence-corrected chi connectivity index (χ4v) is 1.94. The first-order valence-electron chi connectivity index (χ1n) is 5.65. The van der Waals surface area contributed by atoms with E-state index in [1.165, 1.54) is 6.07 Å². The molecule has 0 spiro atoms. The monoisotopic (exact) mass is 243 g/mol. The smallest absolute Gasteiger partial charge is 0.123 e. The molecule has 1 N–H and O–H groups in total. The van der Waals surface area contributed by atoms with E-state index in [0.29, 0.717) is 11.8 Å². The molecule has 0 fully saturated rings. The van der Waals surface area contributed by atoms with Gasteiger partial charge in [0.05, 0.1) is 0 Å². The molecule has 1 nitrogen and oxygen atoms in total. The van der Waals surface area contributed by atoms with Gasteiger partial charge in [-0.3, -0.25) is 0 Å². The number of hydrogen-bond acceptors (Lipinski definition) is 1. The number of benzene rings is 1. The lowest BCUT2D eigenvalue weighted by Crippen LogP contribution is -2.21. The maximum absolute atomic E-state index is 13.0.